The number of allylic oxidation sites excluding steroid dienone is 10. The fourth-order valence-corrected chi connectivity index (χ4v) is 8.97. The molecular weight excluding hydrogens is 681 g/mol. The van der Waals surface area contributed by atoms with Gasteiger partial charge in [0.05, 0.1) is 5.41 Å². The fourth-order valence-electron chi connectivity index (χ4n) is 8.97. The van der Waals surface area contributed by atoms with E-state index in [1.54, 1.807) is 0 Å². The summed E-state index contributed by atoms with van der Waals surface area (Å²) in [6.07, 6.45) is 19.1. The van der Waals surface area contributed by atoms with E-state index in [0.29, 0.717) is 6.42 Å². The Morgan fingerprint density at radius 1 is 0.786 bits per heavy atom. The zero-order chi connectivity index (χ0) is 39.6. The molecule has 276 valence electrons. The van der Waals surface area contributed by atoms with Crippen molar-refractivity contribution < 1.29 is 9.21 Å². The van der Waals surface area contributed by atoms with Crippen LogP contribution < -0.4 is 0 Å². The molecule has 2 nitrogen and oxygen atoms in total. The van der Waals surface area contributed by atoms with E-state index in [9.17, 15) is 0 Å². The molecule has 0 radical (unpaired) electrons. The van der Waals surface area contributed by atoms with Gasteiger partial charge in [0, 0.05) is 33.9 Å². The molecule has 1 aromatic heterocycles. The first kappa shape index (κ1) is 37.9. The first-order valence-electron chi connectivity index (χ1n) is 19.5. The van der Waals surface area contributed by atoms with Crippen molar-refractivity contribution in [2.75, 3.05) is 0 Å². The SMILES string of the molecule is C#CCCC1=C(C)C(C)=C(/C=C\CC)C12c1ccc(-c3cccc4c3oc3ccccc34)cc1C(=O)c1ccc(-c3cccc(C(/C=C\C)=C/C)c3)cc12.C=C. The van der Waals surface area contributed by atoms with Gasteiger partial charge in [-0.05, 0) is 126 Å². The number of terminal acetylenes is 1. The number of fused-ring (bicyclic) bond motifs is 7. The van der Waals surface area contributed by atoms with Crippen LogP contribution in [0.25, 0.3) is 49.8 Å². The minimum Gasteiger partial charge on any atom is -0.455 e. The lowest BCUT2D eigenvalue weighted by Gasteiger charge is -2.42. The van der Waals surface area contributed by atoms with Crippen LogP contribution in [-0.2, 0) is 5.41 Å². The minimum atomic E-state index is -0.688. The molecule has 8 rings (SSSR count). The minimum absolute atomic E-state index is 0.0335. The quantitative estimate of drug-likeness (QED) is 0.0887. The van der Waals surface area contributed by atoms with Gasteiger partial charge in [0.1, 0.15) is 11.2 Å². The fraction of sp³-hybridized carbons (Fsp3) is 0.167. The molecule has 1 atom stereocenters. The van der Waals surface area contributed by atoms with Crippen LogP contribution in [0.5, 0.6) is 0 Å². The van der Waals surface area contributed by atoms with Gasteiger partial charge in [-0.25, -0.2) is 0 Å². The van der Waals surface area contributed by atoms with Crippen LogP contribution in [0.15, 0.2) is 173 Å². The Kier molecular flexibility index (Phi) is 10.6. The van der Waals surface area contributed by atoms with Crippen molar-refractivity contribution in [3.63, 3.8) is 0 Å². The van der Waals surface area contributed by atoms with Gasteiger partial charge in [0.2, 0.25) is 0 Å². The molecule has 2 aliphatic rings. The Morgan fingerprint density at radius 3 is 2.30 bits per heavy atom. The standard InChI is InChI=1S/C52H44O2.C2H4/c1-7-11-23-45-33(5)34(6)46(24-12-8-2)52(45)47-29-27-39(40-21-16-22-42-41-20-13-14-25-49(41)54-51(40)42)31-44(47)50(53)43-28-26-38(32-48(43)52)37-19-15-18-36(30-37)35(10-4)17-9-3;1-2/h1,9-10,12-22,24-32H,8,11,23H2,2-6H3;1-2H2/b17-9-,24-12-,35-10+;. The highest BCUT2D eigenvalue weighted by Gasteiger charge is 2.52. The molecule has 6 aromatic rings. The average molecular weight is 729 g/mol. The third kappa shape index (κ3) is 5.96. The molecule has 0 fully saturated rings. The lowest BCUT2D eigenvalue weighted by atomic mass is 9.58. The monoisotopic (exact) mass is 728 g/mol. The molecule has 0 saturated carbocycles. The van der Waals surface area contributed by atoms with Gasteiger partial charge in [-0.3, -0.25) is 4.79 Å². The lowest BCUT2D eigenvalue weighted by molar-refractivity contribution is 0.103. The molecule has 2 heteroatoms. The molecule has 1 unspecified atom stereocenters. The summed E-state index contributed by atoms with van der Waals surface area (Å²) in [5, 5.41) is 2.15. The van der Waals surface area contributed by atoms with Crippen molar-refractivity contribution >= 4 is 33.3 Å². The number of benzene rings is 5. The highest BCUT2D eigenvalue weighted by atomic mass is 16.3. The van der Waals surface area contributed by atoms with Crippen molar-refractivity contribution in [2.24, 2.45) is 0 Å². The van der Waals surface area contributed by atoms with Gasteiger partial charge >= 0.3 is 0 Å². The lowest BCUT2D eigenvalue weighted by Crippen LogP contribution is -2.38. The summed E-state index contributed by atoms with van der Waals surface area (Å²) in [6, 6.07) is 36.1. The van der Waals surface area contributed by atoms with E-state index in [1.807, 2.05) is 25.1 Å². The van der Waals surface area contributed by atoms with Crippen molar-refractivity contribution in [2.45, 2.75) is 59.3 Å². The Balaban J connectivity index is 0.00000237. The van der Waals surface area contributed by atoms with Crippen LogP contribution in [0, 0.1) is 12.3 Å². The molecular formula is C54H48O2. The van der Waals surface area contributed by atoms with Gasteiger partial charge in [0.25, 0.3) is 0 Å². The molecule has 56 heavy (non-hydrogen) atoms. The van der Waals surface area contributed by atoms with Gasteiger partial charge in [0.15, 0.2) is 5.78 Å². The highest BCUT2D eigenvalue weighted by molar-refractivity contribution is 6.16. The van der Waals surface area contributed by atoms with Crippen LogP contribution in [-0.4, -0.2) is 5.78 Å². The van der Waals surface area contributed by atoms with E-state index in [0.717, 1.165) is 84.9 Å². The molecule has 1 heterocycles. The number of carbonyl (C=O) groups is 1. The summed E-state index contributed by atoms with van der Waals surface area (Å²) in [6.45, 7) is 16.7. The first-order chi connectivity index (χ1) is 27.4. The normalized spacial score (nSPS) is 16.6. The van der Waals surface area contributed by atoms with Crippen LogP contribution >= 0.6 is 0 Å². The number of carbonyl (C=O) groups excluding carboxylic acids is 1. The van der Waals surface area contributed by atoms with Crippen molar-refractivity contribution in [3.05, 3.63) is 197 Å². The number of hydrogen-bond acceptors (Lipinski definition) is 2. The number of para-hydroxylation sites is 2. The second-order valence-corrected chi connectivity index (χ2v) is 14.4. The van der Waals surface area contributed by atoms with Crippen LogP contribution in [0.2, 0.25) is 0 Å². The maximum Gasteiger partial charge on any atom is 0.193 e. The molecule has 5 aromatic carbocycles. The van der Waals surface area contributed by atoms with Gasteiger partial charge in [-0.2, -0.15) is 0 Å². The van der Waals surface area contributed by atoms with Crippen molar-refractivity contribution in [1.82, 2.24) is 0 Å². The summed E-state index contributed by atoms with van der Waals surface area (Å²) >= 11 is 0. The second-order valence-electron chi connectivity index (χ2n) is 14.4. The first-order valence-corrected chi connectivity index (χ1v) is 19.5. The summed E-state index contributed by atoms with van der Waals surface area (Å²) in [4.78, 5) is 15.0. The Hall–Kier alpha value is -6.43. The molecule has 0 bridgehead atoms. The summed E-state index contributed by atoms with van der Waals surface area (Å²) in [7, 11) is 0. The average Bonchev–Trinajstić information content (AvgIpc) is 3.72. The van der Waals surface area contributed by atoms with Crippen molar-refractivity contribution in [3.8, 4) is 34.6 Å². The Labute approximate surface area is 332 Å². The van der Waals surface area contributed by atoms with Crippen LogP contribution in [0.3, 0.4) is 0 Å². The molecule has 0 saturated heterocycles. The number of furan rings is 1. The second kappa shape index (κ2) is 15.7. The molecule has 0 N–H and O–H groups in total. The highest BCUT2D eigenvalue weighted by Crippen LogP contribution is 2.59. The van der Waals surface area contributed by atoms with E-state index in [4.69, 9.17) is 10.8 Å². The Bertz CT molecular complexity index is 2730. The molecule has 2 aliphatic carbocycles. The summed E-state index contributed by atoms with van der Waals surface area (Å²) < 4.78 is 6.47. The van der Waals surface area contributed by atoms with E-state index in [1.165, 1.54) is 27.9 Å². The van der Waals surface area contributed by atoms with Crippen LogP contribution in [0.4, 0.5) is 0 Å². The molecule has 0 aliphatic heterocycles. The van der Waals surface area contributed by atoms with Gasteiger partial charge in [-0.1, -0.05) is 116 Å². The predicted molar refractivity (Wildman–Crippen MR) is 238 cm³/mol. The number of rotatable bonds is 8. The third-order valence-corrected chi connectivity index (χ3v) is 11.6. The van der Waals surface area contributed by atoms with Gasteiger partial charge < -0.3 is 4.42 Å². The van der Waals surface area contributed by atoms with E-state index >= 15 is 4.79 Å². The largest absolute Gasteiger partial charge is 0.455 e. The van der Waals surface area contributed by atoms with Gasteiger partial charge in [-0.15, -0.1) is 25.5 Å². The van der Waals surface area contributed by atoms with Crippen LogP contribution in [0.1, 0.15) is 86.5 Å². The third-order valence-electron chi connectivity index (χ3n) is 11.6. The summed E-state index contributed by atoms with van der Waals surface area (Å²) in [5.74, 6) is 2.97. The number of hydrogen-bond donors (Lipinski definition) is 0. The molecule has 1 spiro atoms. The number of ketones is 1. The van der Waals surface area contributed by atoms with E-state index in [2.05, 4.69) is 162 Å². The zero-order valence-corrected chi connectivity index (χ0v) is 33.1. The summed E-state index contributed by atoms with van der Waals surface area (Å²) in [5.41, 5.74) is 15.9. The zero-order valence-electron chi connectivity index (χ0n) is 33.1. The molecule has 0 amide bonds. The Morgan fingerprint density at radius 2 is 1.54 bits per heavy atom. The predicted octanol–water partition coefficient (Wildman–Crippen LogP) is 14.6. The topological polar surface area (TPSA) is 30.2 Å². The van der Waals surface area contributed by atoms with E-state index < -0.39 is 5.41 Å². The smallest absolute Gasteiger partial charge is 0.193 e. The van der Waals surface area contributed by atoms with Crippen molar-refractivity contribution in [1.29, 1.82) is 0 Å². The maximum absolute atomic E-state index is 15.0. The maximum atomic E-state index is 15.0. The van der Waals surface area contributed by atoms with E-state index in [-0.39, 0.29) is 5.78 Å².